The van der Waals surface area contributed by atoms with Crippen LogP contribution in [-0.4, -0.2) is 17.6 Å². The zero-order chi connectivity index (χ0) is 22.3. The van der Waals surface area contributed by atoms with Crippen LogP contribution in [0, 0.1) is 23.7 Å². The van der Waals surface area contributed by atoms with Gasteiger partial charge in [0.2, 0.25) is 0 Å². The topological polar surface area (TPSA) is 63.3 Å². The number of hydrogen-bond acceptors (Lipinski definition) is 2. The Morgan fingerprint density at radius 3 is 2.35 bits per heavy atom. The van der Waals surface area contributed by atoms with Gasteiger partial charge in [-0.25, -0.2) is 0 Å². The lowest BCUT2D eigenvalue weighted by Gasteiger charge is -2.43. The summed E-state index contributed by atoms with van der Waals surface area (Å²) in [5, 5.41) is 9.63. The maximum Gasteiger partial charge on any atom is 0.303 e. The van der Waals surface area contributed by atoms with Crippen molar-refractivity contribution in [2.24, 2.45) is 29.4 Å². The number of rotatable bonds is 15. The number of allylic oxidation sites excluding steroid dienone is 2. The van der Waals surface area contributed by atoms with Gasteiger partial charge in [-0.05, 0) is 93.6 Å². The average molecular weight is 428 g/mol. The summed E-state index contributed by atoms with van der Waals surface area (Å²) in [5.41, 5.74) is 7.33. The van der Waals surface area contributed by atoms with E-state index in [9.17, 15) is 9.90 Å². The first-order valence-corrected chi connectivity index (χ1v) is 12.8. The number of unbranched alkanes of at least 4 members (excludes halogenated alkanes) is 5. The van der Waals surface area contributed by atoms with Crippen molar-refractivity contribution in [3.63, 3.8) is 0 Å². The Bertz CT molecular complexity index is 627. The van der Waals surface area contributed by atoms with E-state index >= 15 is 0 Å². The highest BCUT2D eigenvalue weighted by Crippen LogP contribution is 2.45. The van der Waals surface area contributed by atoms with Gasteiger partial charge in [0.05, 0.1) is 0 Å². The van der Waals surface area contributed by atoms with Gasteiger partial charge in [0.15, 0.2) is 0 Å². The Morgan fingerprint density at radius 1 is 0.968 bits per heavy atom. The van der Waals surface area contributed by atoms with Gasteiger partial charge < -0.3 is 10.8 Å². The zero-order valence-corrected chi connectivity index (χ0v) is 19.7. The van der Waals surface area contributed by atoms with Crippen LogP contribution in [0.2, 0.25) is 0 Å². The van der Waals surface area contributed by atoms with Crippen LogP contribution in [0.5, 0.6) is 0 Å². The number of nitrogens with two attached hydrogens (primary N) is 1. The first-order chi connectivity index (χ1) is 15.2. The van der Waals surface area contributed by atoms with Crippen LogP contribution in [0.1, 0.15) is 89.5 Å². The highest BCUT2D eigenvalue weighted by molar-refractivity contribution is 5.67. The molecule has 0 heterocycles. The molecule has 1 aliphatic rings. The smallest absolute Gasteiger partial charge is 0.303 e. The Balaban J connectivity index is 1.90. The van der Waals surface area contributed by atoms with Gasteiger partial charge in [-0.15, -0.1) is 0 Å². The van der Waals surface area contributed by atoms with Gasteiger partial charge in [0, 0.05) is 6.42 Å². The molecule has 0 radical (unpaired) electrons. The fourth-order valence-corrected chi connectivity index (χ4v) is 5.67. The third-order valence-corrected chi connectivity index (χ3v) is 7.26. The second kappa shape index (κ2) is 15.2. The Hall–Kier alpha value is -1.61. The molecule has 0 aromatic heterocycles. The summed E-state index contributed by atoms with van der Waals surface area (Å²) in [4.78, 5) is 11.7. The summed E-state index contributed by atoms with van der Waals surface area (Å²) in [6.07, 6.45) is 19.4. The molecule has 3 heteroatoms. The molecule has 0 bridgehead atoms. The lowest BCUT2D eigenvalue weighted by molar-refractivity contribution is -0.140. The number of carbonyl (C=O) groups is 1. The van der Waals surface area contributed by atoms with E-state index in [1.165, 1.54) is 56.9 Å². The van der Waals surface area contributed by atoms with E-state index in [0.29, 0.717) is 24.3 Å². The van der Waals surface area contributed by atoms with E-state index < -0.39 is 5.97 Å². The zero-order valence-electron chi connectivity index (χ0n) is 19.7. The summed E-state index contributed by atoms with van der Waals surface area (Å²) in [7, 11) is 0. The quantitative estimate of drug-likeness (QED) is 0.234. The van der Waals surface area contributed by atoms with Gasteiger partial charge in [-0.1, -0.05) is 68.7 Å². The molecular weight excluding hydrogens is 382 g/mol. The fourth-order valence-electron chi connectivity index (χ4n) is 5.67. The maximum absolute atomic E-state index is 11.7. The van der Waals surface area contributed by atoms with Gasteiger partial charge in [0.1, 0.15) is 0 Å². The second-order valence-electron chi connectivity index (χ2n) is 9.54. The summed E-state index contributed by atoms with van der Waals surface area (Å²) in [6, 6.07) is 10.6. The van der Waals surface area contributed by atoms with E-state index in [1.54, 1.807) is 0 Å². The van der Waals surface area contributed by atoms with E-state index in [4.69, 9.17) is 5.73 Å². The van der Waals surface area contributed by atoms with Crippen molar-refractivity contribution in [3.8, 4) is 0 Å². The molecule has 3 nitrogen and oxygen atoms in total. The van der Waals surface area contributed by atoms with Crippen molar-refractivity contribution in [3.05, 3.63) is 48.0 Å². The molecule has 0 aliphatic heterocycles. The lowest BCUT2D eigenvalue weighted by atomic mass is 9.62. The van der Waals surface area contributed by atoms with Crippen LogP contribution in [0.25, 0.3) is 0 Å². The van der Waals surface area contributed by atoms with E-state index in [2.05, 4.69) is 43.3 Å². The van der Waals surface area contributed by atoms with Gasteiger partial charge in [0.25, 0.3) is 0 Å². The predicted molar refractivity (Wildman–Crippen MR) is 131 cm³/mol. The molecular formula is C28H45NO2. The van der Waals surface area contributed by atoms with Crippen molar-refractivity contribution >= 4 is 5.97 Å². The van der Waals surface area contributed by atoms with E-state index in [-0.39, 0.29) is 12.3 Å². The molecule has 1 aromatic carbocycles. The molecule has 0 amide bonds. The summed E-state index contributed by atoms with van der Waals surface area (Å²) in [6.45, 7) is 2.91. The van der Waals surface area contributed by atoms with Crippen LogP contribution >= 0.6 is 0 Å². The van der Waals surface area contributed by atoms with Crippen molar-refractivity contribution in [2.75, 3.05) is 6.54 Å². The number of aliphatic carboxylic acids is 1. The molecule has 0 saturated heterocycles. The minimum atomic E-state index is -0.656. The molecule has 1 aromatic rings. The van der Waals surface area contributed by atoms with Crippen LogP contribution in [0.3, 0.4) is 0 Å². The predicted octanol–water partition coefficient (Wildman–Crippen LogP) is 7.01. The molecule has 2 rings (SSSR count). The number of benzene rings is 1. The minimum absolute atomic E-state index is 0.245. The van der Waals surface area contributed by atoms with Crippen LogP contribution in [0.15, 0.2) is 42.5 Å². The summed E-state index contributed by atoms with van der Waals surface area (Å²) < 4.78 is 0. The van der Waals surface area contributed by atoms with Gasteiger partial charge in [-0.2, -0.15) is 0 Å². The molecule has 0 unspecified atom stereocenters. The first kappa shape index (κ1) is 25.6. The fraction of sp³-hybridized carbons (Fsp3) is 0.679. The van der Waals surface area contributed by atoms with Crippen molar-refractivity contribution < 1.29 is 9.90 Å². The summed E-state index contributed by atoms with van der Waals surface area (Å²) in [5.74, 6) is 1.11. The van der Waals surface area contributed by atoms with Crippen LogP contribution in [-0.2, 0) is 11.2 Å². The molecule has 31 heavy (non-hydrogen) atoms. The van der Waals surface area contributed by atoms with Crippen molar-refractivity contribution in [2.45, 2.75) is 90.4 Å². The largest absolute Gasteiger partial charge is 0.481 e. The Kier molecular flexibility index (Phi) is 12.6. The summed E-state index contributed by atoms with van der Waals surface area (Å²) >= 11 is 0. The van der Waals surface area contributed by atoms with Crippen molar-refractivity contribution in [1.82, 2.24) is 0 Å². The molecule has 0 spiro atoms. The standard InChI is InChI=1S/C28H45NO2/c1-2-3-4-5-6-7-8-9-13-16-24-17-18-25(21-23-14-11-10-12-15-23)27(22-28(30)31)26(24)19-20-29/h7-8,10-12,14-15,24-27H,2-6,9,13,16-22,29H2,1H3,(H,30,31)/t24-,25+,26-,27-/m0/s1. The number of hydrogen-bond donors (Lipinski definition) is 2. The van der Waals surface area contributed by atoms with E-state index in [0.717, 1.165) is 25.7 Å². The second-order valence-corrected chi connectivity index (χ2v) is 9.54. The molecule has 1 saturated carbocycles. The first-order valence-electron chi connectivity index (χ1n) is 12.8. The highest BCUT2D eigenvalue weighted by atomic mass is 16.4. The third-order valence-electron chi connectivity index (χ3n) is 7.26. The number of carboxylic acids is 1. The molecule has 4 atom stereocenters. The number of carboxylic acid groups (broad SMARTS) is 1. The van der Waals surface area contributed by atoms with Gasteiger partial charge in [-0.3, -0.25) is 4.79 Å². The molecule has 3 N–H and O–H groups in total. The lowest BCUT2D eigenvalue weighted by Crippen LogP contribution is -2.38. The molecule has 174 valence electrons. The molecule has 1 fully saturated rings. The molecule has 1 aliphatic carbocycles. The maximum atomic E-state index is 11.7. The Morgan fingerprint density at radius 2 is 1.68 bits per heavy atom. The van der Waals surface area contributed by atoms with Crippen LogP contribution in [0.4, 0.5) is 0 Å². The normalized spacial score (nSPS) is 23.9. The highest BCUT2D eigenvalue weighted by Gasteiger charge is 2.39. The van der Waals surface area contributed by atoms with Crippen LogP contribution < -0.4 is 5.73 Å². The Labute approximate surface area is 190 Å². The van der Waals surface area contributed by atoms with Crippen molar-refractivity contribution in [1.29, 1.82) is 0 Å². The SMILES string of the molecule is CCCCCCC=CCCC[C@H]1CC[C@H](Cc2ccccc2)[C@H](CC(=O)O)[C@H]1CCN. The van der Waals surface area contributed by atoms with E-state index in [1.807, 2.05) is 6.07 Å². The third kappa shape index (κ3) is 9.60. The monoisotopic (exact) mass is 427 g/mol. The average Bonchev–Trinajstić information content (AvgIpc) is 2.76. The minimum Gasteiger partial charge on any atom is -0.481 e. The van der Waals surface area contributed by atoms with Gasteiger partial charge >= 0.3 is 5.97 Å².